The summed E-state index contributed by atoms with van der Waals surface area (Å²) in [5, 5.41) is 5.75. The van der Waals surface area contributed by atoms with Gasteiger partial charge in [-0.25, -0.2) is 15.0 Å². The second-order valence-corrected chi connectivity index (χ2v) is 5.10. The molecule has 0 fully saturated rings. The minimum atomic E-state index is -0.106. The Bertz CT molecular complexity index is 863. The predicted molar refractivity (Wildman–Crippen MR) is 93.7 cm³/mol. The van der Waals surface area contributed by atoms with E-state index in [4.69, 9.17) is 5.73 Å². The van der Waals surface area contributed by atoms with Crippen LogP contribution in [0.1, 0.15) is 6.92 Å². The quantitative estimate of drug-likeness (QED) is 0.682. The first kappa shape index (κ1) is 15.4. The Balaban J connectivity index is 1.81. The number of hydrogen-bond acceptors (Lipinski definition) is 6. The number of nitrogens with zero attached hydrogens (tertiary/aromatic N) is 3. The van der Waals surface area contributed by atoms with E-state index in [9.17, 15) is 4.79 Å². The van der Waals surface area contributed by atoms with Crippen molar-refractivity contribution in [3.05, 3.63) is 54.7 Å². The van der Waals surface area contributed by atoms with E-state index in [1.54, 1.807) is 24.4 Å². The number of carbonyl (C=O) groups is 1. The lowest BCUT2D eigenvalue weighted by atomic mass is 10.1. The maximum atomic E-state index is 11.1. The van der Waals surface area contributed by atoms with Crippen LogP contribution >= 0.6 is 0 Å². The summed E-state index contributed by atoms with van der Waals surface area (Å²) in [6.45, 7) is 1.47. The van der Waals surface area contributed by atoms with Crippen LogP contribution in [0.2, 0.25) is 0 Å². The zero-order valence-electron chi connectivity index (χ0n) is 13.0. The fraction of sp³-hybridized carbons (Fsp3) is 0.0588. The Hall–Kier alpha value is -3.48. The second kappa shape index (κ2) is 6.74. The lowest BCUT2D eigenvalue weighted by molar-refractivity contribution is -0.114. The minimum absolute atomic E-state index is 0.106. The van der Waals surface area contributed by atoms with Gasteiger partial charge < -0.3 is 16.4 Å². The number of anilines is 4. The van der Waals surface area contributed by atoms with Crippen molar-refractivity contribution < 1.29 is 4.79 Å². The highest BCUT2D eigenvalue weighted by Crippen LogP contribution is 2.21. The average Bonchev–Trinajstić information content (AvgIpc) is 2.55. The van der Waals surface area contributed by atoms with Gasteiger partial charge in [-0.05, 0) is 30.3 Å². The first-order valence-corrected chi connectivity index (χ1v) is 7.31. The summed E-state index contributed by atoms with van der Waals surface area (Å²) in [6.07, 6.45) is 1.67. The van der Waals surface area contributed by atoms with E-state index in [0.717, 1.165) is 16.9 Å². The summed E-state index contributed by atoms with van der Waals surface area (Å²) in [6, 6.07) is 14.5. The summed E-state index contributed by atoms with van der Waals surface area (Å²) >= 11 is 0. The Morgan fingerprint density at radius 1 is 1.04 bits per heavy atom. The molecule has 0 aliphatic carbocycles. The van der Waals surface area contributed by atoms with E-state index >= 15 is 0 Å². The summed E-state index contributed by atoms with van der Waals surface area (Å²) in [5.74, 6) is 1.32. The minimum Gasteiger partial charge on any atom is -0.384 e. The van der Waals surface area contributed by atoms with E-state index in [-0.39, 0.29) is 5.91 Å². The molecule has 0 radical (unpaired) electrons. The van der Waals surface area contributed by atoms with Gasteiger partial charge in [-0.15, -0.1) is 0 Å². The maximum absolute atomic E-state index is 11.1. The number of pyridine rings is 1. The first-order chi connectivity index (χ1) is 11.6. The van der Waals surface area contributed by atoms with Crippen LogP contribution in [0, 0.1) is 0 Å². The molecule has 0 aliphatic heterocycles. The fourth-order valence-electron chi connectivity index (χ4n) is 2.14. The smallest absolute Gasteiger partial charge is 0.228 e. The molecule has 4 N–H and O–H groups in total. The van der Waals surface area contributed by atoms with Gasteiger partial charge in [0.25, 0.3) is 0 Å². The van der Waals surface area contributed by atoms with Gasteiger partial charge in [-0.3, -0.25) is 4.79 Å². The van der Waals surface area contributed by atoms with Gasteiger partial charge in [0.2, 0.25) is 11.9 Å². The molecule has 120 valence electrons. The summed E-state index contributed by atoms with van der Waals surface area (Å²) in [4.78, 5) is 23.9. The molecule has 0 aliphatic rings. The topological polar surface area (TPSA) is 106 Å². The predicted octanol–water partition coefficient (Wildman–Crippen LogP) is 2.82. The number of amides is 1. The number of nitrogens with one attached hydrogen (secondary N) is 2. The summed E-state index contributed by atoms with van der Waals surface area (Å²) in [7, 11) is 0. The fourth-order valence-corrected chi connectivity index (χ4v) is 2.14. The van der Waals surface area contributed by atoms with Gasteiger partial charge in [-0.2, -0.15) is 0 Å². The molecule has 2 heterocycles. The summed E-state index contributed by atoms with van der Waals surface area (Å²) < 4.78 is 0. The highest BCUT2D eigenvalue weighted by atomic mass is 16.1. The lowest BCUT2D eigenvalue weighted by Gasteiger charge is -2.07. The molecule has 7 nitrogen and oxygen atoms in total. The van der Waals surface area contributed by atoms with E-state index in [0.29, 0.717) is 17.6 Å². The standard InChI is InChI=1S/C17H16N6O/c1-11(24)20-13-7-5-12(6-8-13)14-9-10-19-17(21-14)23-16-4-2-3-15(18)22-16/h2-10H,1H3,(H,20,24)(H3,18,19,21,22,23). The Labute approximate surface area is 139 Å². The summed E-state index contributed by atoms with van der Waals surface area (Å²) in [5.41, 5.74) is 8.07. The zero-order chi connectivity index (χ0) is 16.9. The Morgan fingerprint density at radius 3 is 2.54 bits per heavy atom. The van der Waals surface area contributed by atoms with Gasteiger partial charge in [0.05, 0.1) is 5.69 Å². The molecule has 7 heteroatoms. The van der Waals surface area contributed by atoms with Crippen LogP contribution in [0.3, 0.4) is 0 Å². The molecule has 0 unspecified atom stereocenters. The van der Waals surface area contributed by atoms with Gasteiger partial charge in [-0.1, -0.05) is 18.2 Å². The lowest BCUT2D eigenvalue weighted by Crippen LogP contribution is -2.05. The number of aromatic nitrogens is 3. The van der Waals surface area contributed by atoms with Crippen molar-refractivity contribution in [2.45, 2.75) is 6.92 Å². The van der Waals surface area contributed by atoms with Crippen molar-refractivity contribution in [1.82, 2.24) is 15.0 Å². The Kier molecular flexibility index (Phi) is 4.33. The maximum Gasteiger partial charge on any atom is 0.228 e. The Morgan fingerprint density at radius 2 is 1.83 bits per heavy atom. The average molecular weight is 320 g/mol. The van der Waals surface area contributed by atoms with Crippen LogP contribution in [0.25, 0.3) is 11.3 Å². The molecule has 0 saturated carbocycles. The zero-order valence-corrected chi connectivity index (χ0v) is 13.0. The number of carbonyl (C=O) groups excluding carboxylic acids is 1. The molecule has 0 bridgehead atoms. The van der Waals surface area contributed by atoms with Crippen molar-refractivity contribution in [3.63, 3.8) is 0 Å². The van der Waals surface area contributed by atoms with Crippen LogP contribution < -0.4 is 16.4 Å². The third-order valence-corrected chi connectivity index (χ3v) is 3.17. The highest BCUT2D eigenvalue weighted by molar-refractivity contribution is 5.88. The van der Waals surface area contributed by atoms with Gasteiger partial charge in [0, 0.05) is 24.4 Å². The molecule has 2 aromatic heterocycles. The van der Waals surface area contributed by atoms with Crippen molar-refractivity contribution in [2.24, 2.45) is 0 Å². The van der Waals surface area contributed by atoms with Crippen molar-refractivity contribution in [3.8, 4) is 11.3 Å². The molecular formula is C17H16N6O. The molecule has 0 atom stereocenters. The molecular weight excluding hydrogens is 304 g/mol. The number of nitrogen functional groups attached to an aromatic ring is 1. The largest absolute Gasteiger partial charge is 0.384 e. The van der Waals surface area contributed by atoms with Crippen molar-refractivity contribution in [2.75, 3.05) is 16.4 Å². The monoisotopic (exact) mass is 320 g/mol. The molecule has 1 amide bonds. The van der Waals surface area contributed by atoms with Crippen LogP contribution in [-0.4, -0.2) is 20.9 Å². The van der Waals surface area contributed by atoms with Gasteiger partial charge in [0.15, 0.2) is 0 Å². The van der Waals surface area contributed by atoms with Gasteiger partial charge in [0.1, 0.15) is 11.6 Å². The molecule has 24 heavy (non-hydrogen) atoms. The van der Waals surface area contributed by atoms with Crippen LogP contribution in [-0.2, 0) is 4.79 Å². The first-order valence-electron chi connectivity index (χ1n) is 7.31. The van der Waals surface area contributed by atoms with E-state index < -0.39 is 0 Å². The van der Waals surface area contributed by atoms with Gasteiger partial charge >= 0.3 is 0 Å². The third-order valence-electron chi connectivity index (χ3n) is 3.17. The highest BCUT2D eigenvalue weighted by Gasteiger charge is 2.04. The van der Waals surface area contributed by atoms with Crippen LogP contribution in [0.15, 0.2) is 54.7 Å². The van der Waals surface area contributed by atoms with Crippen LogP contribution in [0.5, 0.6) is 0 Å². The molecule has 3 aromatic rings. The normalized spacial score (nSPS) is 10.2. The molecule has 0 spiro atoms. The molecule has 0 saturated heterocycles. The van der Waals surface area contributed by atoms with E-state index in [2.05, 4.69) is 25.6 Å². The number of hydrogen-bond donors (Lipinski definition) is 3. The molecule has 3 rings (SSSR count). The number of rotatable bonds is 4. The number of benzene rings is 1. The molecule has 1 aromatic carbocycles. The van der Waals surface area contributed by atoms with Crippen molar-refractivity contribution in [1.29, 1.82) is 0 Å². The third kappa shape index (κ3) is 3.83. The number of nitrogens with two attached hydrogens (primary N) is 1. The van der Waals surface area contributed by atoms with E-state index in [1.807, 2.05) is 30.3 Å². The second-order valence-electron chi connectivity index (χ2n) is 5.10. The van der Waals surface area contributed by atoms with Crippen LogP contribution in [0.4, 0.5) is 23.3 Å². The SMILES string of the molecule is CC(=O)Nc1ccc(-c2ccnc(Nc3cccc(N)n3)n2)cc1. The van der Waals surface area contributed by atoms with E-state index in [1.165, 1.54) is 6.92 Å². The van der Waals surface area contributed by atoms with Crippen molar-refractivity contribution >= 4 is 29.2 Å².